The summed E-state index contributed by atoms with van der Waals surface area (Å²) in [6.07, 6.45) is 0. The highest BCUT2D eigenvalue weighted by Crippen LogP contribution is 2.24. The second-order valence-electron chi connectivity index (χ2n) is 7.26. The zero-order valence-electron chi connectivity index (χ0n) is 15.9. The summed E-state index contributed by atoms with van der Waals surface area (Å²) in [4.78, 5) is 7.24. The molecule has 0 atom stereocenters. The summed E-state index contributed by atoms with van der Waals surface area (Å²) < 4.78 is 27.9. The quantitative estimate of drug-likeness (QED) is 0.521. The van der Waals surface area contributed by atoms with Gasteiger partial charge in [-0.15, -0.1) is 0 Å². The van der Waals surface area contributed by atoms with Crippen LogP contribution in [0.4, 0.5) is 5.82 Å². The Labute approximate surface area is 170 Å². The highest BCUT2D eigenvalue weighted by molar-refractivity contribution is 7.89. The van der Waals surface area contributed by atoms with E-state index in [1.807, 2.05) is 60.7 Å². The standard InChI is InChI=1S/C23H21N3O2S/c27-29(28,21-11-9-18-5-1-2-7-20(18)17-21)26-15-13-25(14-16-26)23-12-10-19-6-3-4-8-22(19)24-23/h1-12,17H,13-16H2. The van der Waals surface area contributed by atoms with Crippen molar-refractivity contribution in [2.75, 3.05) is 31.1 Å². The minimum atomic E-state index is -3.51. The number of hydrogen-bond donors (Lipinski definition) is 0. The summed E-state index contributed by atoms with van der Waals surface area (Å²) in [5, 5.41) is 3.08. The normalized spacial score (nSPS) is 15.8. The van der Waals surface area contributed by atoms with Gasteiger partial charge in [0.2, 0.25) is 10.0 Å². The molecule has 0 unspecified atom stereocenters. The topological polar surface area (TPSA) is 53.5 Å². The van der Waals surface area contributed by atoms with Gasteiger partial charge in [0.1, 0.15) is 5.82 Å². The average Bonchev–Trinajstić information content (AvgIpc) is 2.78. The Bertz CT molecular complexity index is 1300. The van der Waals surface area contributed by atoms with Crippen LogP contribution in [-0.4, -0.2) is 43.9 Å². The molecule has 3 aromatic carbocycles. The average molecular weight is 404 g/mol. The molecule has 1 aromatic heterocycles. The molecular weight excluding hydrogens is 382 g/mol. The van der Waals surface area contributed by atoms with Crippen molar-refractivity contribution in [1.82, 2.24) is 9.29 Å². The van der Waals surface area contributed by atoms with Gasteiger partial charge in [0, 0.05) is 31.6 Å². The number of hydrogen-bond acceptors (Lipinski definition) is 4. The van der Waals surface area contributed by atoms with E-state index in [0.717, 1.165) is 27.5 Å². The van der Waals surface area contributed by atoms with E-state index in [0.29, 0.717) is 31.1 Å². The van der Waals surface area contributed by atoms with Gasteiger partial charge in [-0.05, 0) is 41.1 Å². The third-order valence-electron chi connectivity index (χ3n) is 5.51. The molecule has 6 heteroatoms. The Morgan fingerprint density at radius 3 is 2.14 bits per heavy atom. The van der Waals surface area contributed by atoms with Gasteiger partial charge in [-0.3, -0.25) is 0 Å². The maximum absolute atomic E-state index is 13.1. The predicted octanol–water partition coefficient (Wildman–Crippen LogP) is 3.90. The number of para-hydroxylation sites is 1. The lowest BCUT2D eigenvalue weighted by molar-refractivity contribution is 0.384. The predicted molar refractivity (Wildman–Crippen MR) is 117 cm³/mol. The molecule has 4 aromatic rings. The number of aromatic nitrogens is 1. The van der Waals surface area contributed by atoms with E-state index >= 15 is 0 Å². The maximum Gasteiger partial charge on any atom is 0.243 e. The molecule has 1 aliphatic heterocycles. The number of benzene rings is 3. The molecule has 0 amide bonds. The van der Waals surface area contributed by atoms with Crippen LogP contribution in [0.2, 0.25) is 0 Å². The fourth-order valence-electron chi connectivity index (χ4n) is 3.87. The van der Waals surface area contributed by atoms with E-state index in [2.05, 4.69) is 11.0 Å². The zero-order chi connectivity index (χ0) is 19.8. The van der Waals surface area contributed by atoms with Crippen molar-refractivity contribution >= 4 is 37.5 Å². The smallest absolute Gasteiger partial charge is 0.243 e. The first-order chi connectivity index (χ1) is 14.1. The van der Waals surface area contributed by atoms with Gasteiger partial charge in [-0.1, -0.05) is 48.5 Å². The van der Waals surface area contributed by atoms with Gasteiger partial charge < -0.3 is 4.90 Å². The monoisotopic (exact) mass is 403 g/mol. The fraction of sp³-hybridized carbons (Fsp3) is 0.174. The molecule has 0 saturated carbocycles. The van der Waals surface area contributed by atoms with Gasteiger partial charge in [0.05, 0.1) is 10.4 Å². The van der Waals surface area contributed by atoms with Crippen LogP contribution in [0.5, 0.6) is 0 Å². The highest BCUT2D eigenvalue weighted by Gasteiger charge is 2.29. The van der Waals surface area contributed by atoms with Gasteiger partial charge in [0.15, 0.2) is 0 Å². The van der Waals surface area contributed by atoms with Crippen molar-refractivity contribution in [3.8, 4) is 0 Å². The first-order valence-corrected chi connectivity index (χ1v) is 11.1. The lowest BCUT2D eigenvalue weighted by Gasteiger charge is -2.34. The number of anilines is 1. The van der Waals surface area contributed by atoms with Crippen molar-refractivity contribution in [2.45, 2.75) is 4.90 Å². The molecule has 0 N–H and O–H groups in total. The van der Waals surface area contributed by atoms with Crippen LogP contribution in [0.25, 0.3) is 21.7 Å². The lowest BCUT2D eigenvalue weighted by Crippen LogP contribution is -2.48. The minimum absolute atomic E-state index is 0.355. The third kappa shape index (κ3) is 3.34. The Hall–Kier alpha value is -2.96. The molecule has 0 bridgehead atoms. The summed E-state index contributed by atoms with van der Waals surface area (Å²) >= 11 is 0. The molecule has 0 aliphatic carbocycles. The molecule has 2 heterocycles. The Balaban J connectivity index is 1.35. The van der Waals surface area contributed by atoms with E-state index in [9.17, 15) is 8.42 Å². The summed E-state index contributed by atoms with van der Waals surface area (Å²) in [5.74, 6) is 0.895. The summed E-state index contributed by atoms with van der Waals surface area (Å²) in [5.41, 5.74) is 0.955. The van der Waals surface area contributed by atoms with Gasteiger partial charge in [-0.25, -0.2) is 13.4 Å². The molecule has 5 nitrogen and oxygen atoms in total. The first kappa shape index (κ1) is 18.1. The molecule has 1 fully saturated rings. The molecule has 0 radical (unpaired) electrons. The zero-order valence-corrected chi connectivity index (χ0v) is 16.7. The molecule has 1 saturated heterocycles. The van der Waals surface area contributed by atoms with Crippen LogP contribution in [0.3, 0.4) is 0 Å². The number of nitrogens with zero attached hydrogens (tertiary/aromatic N) is 3. The van der Waals surface area contributed by atoms with Crippen LogP contribution in [0, 0.1) is 0 Å². The van der Waals surface area contributed by atoms with Crippen molar-refractivity contribution in [3.05, 3.63) is 78.9 Å². The van der Waals surface area contributed by atoms with Crippen molar-refractivity contribution in [1.29, 1.82) is 0 Å². The Morgan fingerprint density at radius 1 is 0.690 bits per heavy atom. The van der Waals surface area contributed by atoms with Crippen LogP contribution < -0.4 is 4.90 Å². The Kier molecular flexibility index (Phi) is 4.45. The third-order valence-corrected chi connectivity index (χ3v) is 7.40. The van der Waals surface area contributed by atoms with E-state index in [1.54, 1.807) is 16.4 Å². The van der Waals surface area contributed by atoms with E-state index in [4.69, 9.17) is 4.98 Å². The number of sulfonamides is 1. The number of pyridine rings is 1. The van der Waals surface area contributed by atoms with Crippen LogP contribution in [0.1, 0.15) is 0 Å². The number of piperazine rings is 1. The second-order valence-corrected chi connectivity index (χ2v) is 9.20. The molecular formula is C23H21N3O2S. The van der Waals surface area contributed by atoms with E-state index < -0.39 is 10.0 Å². The maximum atomic E-state index is 13.1. The van der Waals surface area contributed by atoms with E-state index in [1.165, 1.54) is 0 Å². The summed E-state index contributed by atoms with van der Waals surface area (Å²) in [6, 6.07) is 25.2. The molecule has 1 aliphatic rings. The molecule has 29 heavy (non-hydrogen) atoms. The SMILES string of the molecule is O=S(=O)(c1ccc2ccccc2c1)N1CCN(c2ccc3ccccc3n2)CC1. The Morgan fingerprint density at radius 2 is 1.34 bits per heavy atom. The van der Waals surface area contributed by atoms with Crippen LogP contribution >= 0.6 is 0 Å². The molecule has 0 spiro atoms. The van der Waals surface area contributed by atoms with Crippen molar-refractivity contribution in [3.63, 3.8) is 0 Å². The lowest BCUT2D eigenvalue weighted by atomic mass is 10.1. The van der Waals surface area contributed by atoms with Crippen LogP contribution in [0.15, 0.2) is 83.8 Å². The number of rotatable bonds is 3. The molecule has 146 valence electrons. The highest BCUT2D eigenvalue weighted by atomic mass is 32.2. The largest absolute Gasteiger partial charge is 0.354 e. The first-order valence-electron chi connectivity index (χ1n) is 9.71. The molecule has 5 rings (SSSR count). The second kappa shape index (κ2) is 7.13. The summed E-state index contributed by atoms with van der Waals surface area (Å²) in [7, 11) is -3.51. The van der Waals surface area contributed by atoms with Gasteiger partial charge >= 0.3 is 0 Å². The van der Waals surface area contributed by atoms with Gasteiger partial charge in [0.25, 0.3) is 0 Å². The minimum Gasteiger partial charge on any atom is -0.354 e. The fourth-order valence-corrected chi connectivity index (χ4v) is 5.32. The van der Waals surface area contributed by atoms with Crippen molar-refractivity contribution < 1.29 is 8.42 Å². The number of fused-ring (bicyclic) bond motifs is 2. The summed E-state index contributed by atoms with van der Waals surface area (Å²) in [6.45, 7) is 2.14. The van der Waals surface area contributed by atoms with Crippen molar-refractivity contribution in [2.24, 2.45) is 0 Å². The van der Waals surface area contributed by atoms with Gasteiger partial charge in [-0.2, -0.15) is 4.31 Å². The van der Waals surface area contributed by atoms with Crippen LogP contribution in [-0.2, 0) is 10.0 Å². The van der Waals surface area contributed by atoms with E-state index in [-0.39, 0.29) is 0 Å².